The van der Waals surface area contributed by atoms with Gasteiger partial charge in [-0.3, -0.25) is 14.5 Å². The Hall–Kier alpha value is -2.86. The van der Waals surface area contributed by atoms with Crippen molar-refractivity contribution in [2.45, 2.75) is 25.8 Å². The van der Waals surface area contributed by atoms with Crippen LogP contribution in [0.5, 0.6) is 0 Å². The number of halogens is 1. The number of carbonyl (C=O) groups is 3. The number of rotatable bonds is 10. The average molecular weight is 617 g/mol. The highest BCUT2D eigenvalue weighted by Gasteiger charge is 2.44. The molecule has 2 heterocycles. The highest BCUT2D eigenvalue weighted by molar-refractivity contribution is 9.10. The van der Waals surface area contributed by atoms with Crippen molar-refractivity contribution in [2.75, 3.05) is 63.1 Å². The maximum Gasteiger partial charge on any atom is 0.338 e. The number of amides is 2. The van der Waals surface area contributed by atoms with E-state index in [0.29, 0.717) is 28.6 Å². The number of carbonyl (C=O) groups excluding carboxylic acids is 3. The van der Waals surface area contributed by atoms with Gasteiger partial charge in [0.25, 0.3) is 5.91 Å². The van der Waals surface area contributed by atoms with Crippen molar-refractivity contribution in [3.63, 3.8) is 0 Å². The Morgan fingerprint density at radius 3 is 2.33 bits per heavy atom. The van der Waals surface area contributed by atoms with E-state index in [0.717, 1.165) is 43.6 Å². The van der Waals surface area contributed by atoms with Crippen LogP contribution in [0.4, 0.5) is 11.4 Å². The molecule has 0 saturated carbocycles. The molecule has 39 heavy (non-hydrogen) atoms. The summed E-state index contributed by atoms with van der Waals surface area (Å²) in [6.07, 6.45) is 0.790. The predicted molar refractivity (Wildman–Crippen MR) is 159 cm³/mol. The van der Waals surface area contributed by atoms with E-state index in [9.17, 15) is 14.4 Å². The number of benzene rings is 2. The van der Waals surface area contributed by atoms with Gasteiger partial charge < -0.3 is 24.8 Å². The summed E-state index contributed by atoms with van der Waals surface area (Å²) in [7, 11) is 2.13. The first-order chi connectivity index (χ1) is 18.8. The van der Waals surface area contributed by atoms with E-state index in [2.05, 4.69) is 38.1 Å². The van der Waals surface area contributed by atoms with Crippen LogP contribution in [-0.2, 0) is 14.3 Å². The second-order valence-electron chi connectivity index (χ2n) is 9.69. The number of hydrogen-bond acceptors (Lipinski definition) is 7. The largest absolute Gasteiger partial charge is 0.462 e. The van der Waals surface area contributed by atoms with Crippen molar-refractivity contribution in [3.05, 3.63) is 58.6 Å². The molecule has 1 unspecified atom stereocenters. The molecule has 2 aromatic carbocycles. The fourth-order valence-corrected chi connectivity index (χ4v) is 5.42. The van der Waals surface area contributed by atoms with Crippen molar-refractivity contribution < 1.29 is 19.1 Å². The highest BCUT2D eigenvalue weighted by Crippen LogP contribution is 2.28. The first kappa shape index (κ1) is 29.1. The van der Waals surface area contributed by atoms with Gasteiger partial charge in [0.2, 0.25) is 5.91 Å². The summed E-state index contributed by atoms with van der Waals surface area (Å²) in [4.78, 5) is 46.8. The Balaban J connectivity index is 1.48. The van der Waals surface area contributed by atoms with E-state index in [1.54, 1.807) is 43.3 Å². The van der Waals surface area contributed by atoms with Crippen LogP contribution in [0.25, 0.3) is 0 Å². The molecule has 0 bridgehead atoms. The lowest BCUT2D eigenvalue weighted by atomic mass is 10.1. The van der Waals surface area contributed by atoms with Crippen LogP contribution in [0.3, 0.4) is 0 Å². The zero-order valence-corrected chi connectivity index (χ0v) is 24.7. The number of anilines is 2. The first-order valence-electron chi connectivity index (χ1n) is 13.1. The van der Waals surface area contributed by atoms with Crippen LogP contribution in [-0.4, -0.2) is 96.6 Å². The smallest absolute Gasteiger partial charge is 0.338 e. The molecule has 1 atom stereocenters. The van der Waals surface area contributed by atoms with Crippen LogP contribution in [0.2, 0.25) is 0 Å². The molecule has 0 spiro atoms. The van der Waals surface area contributed by atoms with Crippen molar-refractivity contribution in [3.8, 4) is 0 Å². The first-order valence-corrected chi connectivity index (χ1v) is 14.3. The lowest BCUT2D eigenvalue weighted by molar-refractivity contribution is -0.124. The Morgan fingerprint density at radius 1 is 1.03 bits per heavy atom. The molecule has 208 valence electrons. The van der Waals surface area contributed by atoms with Crippen LogP contribution in [0, 0.1) is 0 Å². The minimum atomic E-state index is -0.717. The zero-order chi connectivity index (χ0) is 27.9. The van der Waals surface area contributed by atoms with Crippen molar-refractivity contribution in [1.29, 1.82) is 0 Å². The number of nitrogens with one attached hydrogen (secondary N) is 1. The minimum Gasteiger partial charge on any atom is -0.462 e. The number of esters is 1. The molecule has 2 saturated heterocycles. The molecule has 2 fully saturated rings. The van der Waals surface area contributed by atoms with E-state index < -0.39 is 12.0 Å². The monoisotopic (exact) mass is 615 g/mol. The van der Waals surface area contributed by atoms with Crippen LogP contribution in [0.1, 0.15) is 30.1 Å². The topological polar surface area (TPSA) is 85.4 Å². The lowest BCUT2D eigenvalue weighted by Crippen LogP contribution is -2.45. The van der Waals surface area contributed by atoms with E-state index in [1.165, 1.54) is 4.90 Å². The molecule has 2 aromatic rings. The van der Waals surface area contributed by atoms with E-state index in [4.69, 9.17) is 17.0 Å². The Morgan fingerprint density at radius 2 is 1.69 bits per heavy atom. The van der Waals surface area contributed by atoms with E-state index >= 15 is 0 Å². The summed E-state index contributed by atoms with van der Waals surface area (Å²) in [5.41, 5.74) is 1.61. The molecule has 0 radical (unpaired) electrons. The van der Waals surface area contributed by atoms with Crippen LogP contribution < -0.4 is 10.2 Å². The van der Waals surface area contributed by atoms with Gasteiger partial charge in [-0.2, -0.15) is 0 Å². The van der Waals surface area contributed by atoms with Crippen LogP contribution >= 0.6 is 28.1 Å². The number of hydrogen-bond donors (Lipinski definition) is 1. The summed E-state index contributed by atoms with van der Waals surface area (Å²) in [5.74, 6) is -0.941. The van der Waals surface area contributed by atoms with Crippen LogP contribution in [0.15, 0.2) is 53.0 Å². The Kier molecular flexibility index (Phi) is 10.1. The molecule has 0 aliphatic carbocycles. The molecule has 2 amide bonds. The summed E-state index contributed by atoms with van der Waals surface area (Å²) < 4.78 is 5.97. The van der Waals surface area contributed by atoms with Gasteiger partial charge in [-0.1, -0.05) is 15.9 Å². The average Bonchev–Trinajstić information content (AvgIpc) is 3.15. The molecule has 2 aliphatic rings. The molecule has 0 aromatic heterocycles. The molecule has 2 aliphatic heterocycles. The van der Waals surface area contributed by atoms with Gasteiger partial charge in [0.1, 0.15) is 6.04 Å². The normalized spacial score (nSPS) is 18.5. The Labute approximate surface area is 243 Å². The number of ether oxygens (including phenoxy) is 1. The van der Waals surface area contributed by atoms with Crippen molar-refractivity contribution >= 4 is 62.4 Å². The summed E-state index contributed by atoms with van der Waals surface area (Å²) in [6.45, 7) is 7.58. The van der Waals surface area contributed by atoms with Crippen molar-refractivity contribution in [2.24, 2.45) is 0 Å². The van der Waals surface area contributed by atoms with E-state index in [1.807, 2.05) is 17.0 Å². The van der Waals surface area contributed by atoms with Gasteiger partial charge >= 0.3 is 5.97 Å². The summed E-state index contributed by atoms with van der Waals surface area (Å²) in [6, 6.07) is 13.2. The number of likely N-dealkylation sites (N-methyl/N-ethyl adjacent to an activating group) is 1. The number of thiocarbonyl (C=S) groups is 1. The third-order valence-electron chi connectivity index (χ3n) is 6.93. The third-order valence-corrected chi connectivity index (χ3v) is 7.88. The quantitative estimate of drug-likeness (QED) is 0.321. The summed E-state index contributed by atoms with van der Waals surface area (Å²) >= 11 is 9.18. The van der Waals surface area contributed by atoms with Gasteiger partial charge in [-0.05, 0) is 87.7 Å². The number of piperazine rings is 1. The second kappa shape index (κ2) is 13.5. The predicted octanol–water partition coefficient (Wildman–Crippen LogP) is 3.59. The van der Waals surface area contributed by atoms with E-state index in [-0.39, 0.29) is 24.8 Å². The fraction of sp³-hybridized carbons (Fsp3) is 0.429. The summed E-state index contributed by atoms with van der Waals surface area (Å²) in [5, 5.41) is 3.25. The van der Waals surface area contributed by atoms with Gasteiger partial charge in [0.15, 0.2) is 5.11 Å². The maximum atomic E-state index is 13.7. The molecule has 4 rings (SSSR count). The number of nitrogens with zero attached hydrogens (tertiary/aromatic N) is 4. The standard InChI is InChI=1S/C28H34BrN5O4S/c1-3-38-27(37)20-5-11-23(12-6-20)34-26(36)24(19-25(35)30-22-9-7-21(29)8-10-22)33(28(34)39)14-4-13-32-17-15-31(2)16-18-32/h5-12,24H,3-4,13-19H2,1-2H3,(H,30,35). The fourth-order valence-electron chi connectivity index (χ4n) is 4.74. The van der Waals surface area contributed by atoms with Gasteiger partial charge in [0.05, 0.1) is 24.3 Å². The van der Waals surface area contributed by atoms with Gasteiger partial charge in [0, 0.05) is 42.9 Å². The molecule has 11 heteroatoms. The molecular weight excluding hydrogens is 582 g/mol. The lowest BCUT2D eigenvalue weighted by Gasteiger charge is -2.33. The van der Waals surface area contributed by atoms with Gasteiger partial charge in [-0.15, -0.1) is 0 Å². The van der Waals surface area contributed by atoms with Crippen molar-refractivity contribution in [1.82, 2.24) is 14.7 Å². The zero-order valence-electron chi connectivity index (χ0n) is 22.3. The van der Waals surface area contributed by atoms with Gasteiger partial charge in [-0.25, -0.2) is 4.79 Å². The SMILES string of the molecule is CCOC(=O)c1ccc(N2C(=O)C(CC(=O)Nc3ccc(Br)cc3)N(CCCN3CCN(C)CC3)C2=S)cc1. The molecular formula is C28H34BrN5O4S. The highest BCUT2D eigenvalue weighted by atomic mass is 79.9. The second-order valence-corrected chi connectivity index (χ2v) is 11.0. The molecule has 9 nitrogen and oxygen atoms in total. The molecule has 1 N–H and O–H groups in total. The maximum absolute atomic E-state index is 13.7. The third kappa shape index (κ3) is 7.42. The Bertz CT molecular complexity index is 1190. The minimum absolute atomic E-state index is 0.0268.